The Morgan fingerprint density at radius 3 is 2.56 bits per heavy atom. The highest BCUT2D eigenvalue weighted by Crippen LogP contribution is 2.34. The van der Waals surface area contributed by atoms with Gasteiger partial charge in [-0.1, -0.05) is 43.7 Å². The molecule has 0 spiro atoms. The molecular weight excluding hydrogens is 328 g/mol. The lowest BCUT2D eigenvalue weighted by molar-refractivity contribution is -0.0428. The maximum Gasteiger partial charge on any atom is 0.160 e. The average Bonchev–Trinajstić information content (AvgIpc) is 2.53. The number of rotatable bonds is 5. The number of hydrogen-bond acceptors (Lipinski definition) is 4. The Morgan fingerprint density at radius 1 is 1.16 bits per heavy atom. The first-order chi connectivity index (χ1) is 11.8. The zero-order valence-corrected chi connectivity index (χ0v) is 16.7. The molecule has 0 radical (unpaired) electrons. The predicted octanol–water partition coefficient (Wildman–Crippen LogP) is 5.44. The van der Waals surface area contributed by atoms with Gasteiger partial charge in [0.25, 0.3) is 0 Å². The first-order valence-corrected chi connectivity index (χ1v) is 10.1. The lowest BCUT2D eigenvalue weighted by Gasteiger charge is -2.32. The lowest BCUT2D eigenvalue weighted by atomic mass is 9.96. The van der Waals surface area contributed by atoms with Gasteiger partial charge in [-0.2, -0.15) is 0 Å². The third kappa shape index (κ3) is 4.62. The molecule has 134 valence electrons. The molecule has 1 aromatic carbocycles. The highest BCUT2D eigenvalue weighted by molar-refractivity contribution is 7.99. The summed E-state index contributed by atoms with van der Waals surface area (Å²) in [5.41, 5.74) is 4.51. The second kappa shape index (κ2) is 7.46. The van der Waals surface area contributed by atoms with E-state index in [-0.39, 0.29) is 5.60 Å². The van der Waals surface area contributed by atoms with Crippen LogP contribution in [0.5, 0.6) is 0 Å². The van der Waals surface area contributed by atoms with Crippen LogP contribution in [0.3, 0.4) is 0 Å². The molecule has 4 heteroatoms. The van der Waals surface area contributed by atoms with Crippen molar-refractivity contribution in [2.45, 2.75) is 64.7 Å². The molecule has 0 bridgehead atoms. The van der Waals surface area contributed by atoms with E-state index in [1.54, 1.807) is 0 Å². The summed E-state index contributed by atoms with van der Waals surface area (Å²) in [6.07, 6.45) is 2.02. The molecule has 0 saturated carbocycles. The van der Waals surface area contributed by atoms with E-state index in [0.717, 1.165) is 34.3 Å². The third-order valence-electron chi connectivity index (χ3n) is 4.50. The SMILES string of the molecule is Cc1ccc(-c2nc3c(c(SCCC(C)C)n2)COC(C)(C)C3)cc1. The molecule has 3 rings (SSSR count). The van der Waals surface area contributed by atoms with Crippen molar-refractivity contribution < 1.29 is 4.74 Å². The largest absolute Gasteiger partial charge is 0.370 e. The van der Waals surface area contributed by atoms with Crippen molar-refractivity contribution in [3.05, 3.63) is 41.1 Å². The van der Waals surface area contributed by atoms with Crippen LogP contribution < -0.4 is 0 Å². The minimum Gasteiger partial charge on any atom is -0.370 e. The van der Waals surface area contributed by atoms with E-state index in [1.165, 1.54) is 17.5 Å². The summed E-state index contributed by atoms with van der Waals surface area (Å²) in [6, 6.07) is 8.47. The number of aromatic nitrogens is 2. The molecule has 0 atom stereocenters. The van der Waals surface area contributed by atoms with Gasteiger partial charge in [0.05, 0.1) is 17.9 Å². The summed E-state index contributed by atoms with van der Waals surface area (Å²) < 4.78 is 6.03. The number of ether oxygens (including phenoxy) is 1. The molecule has 0 saturated heterocycles. The second-order valence-electron chi connectivity index (χ2n) is 7.90. The Morgan fingerprint density at radius 2 is 1.88 bits per heavy atom. The van der Waals surface area contributed by atoms with Crippen LogP contribution in [0.4, 0.5) is 0 Å². The topological polar surface area (TPSA) is 35.0 Å². The van der Waals surface area contributed by atoms with Crippen molar-refractivity contribution in [1.29, 1.82) is 0 Å². The number of hydrogen-bond donors (Lipinski definition) is 0. The maximum absolute atomic E-state index is 6.03. The fraction of sp³-hybridized carbons (Fsp3) is 0.524. The summed E-state index contributed by atoms with van der Waals surface area (Å²) in [5, 5.41) is 1.09. The van der Waals surface area contributed by atoms with Crippen LogP contribution in [0, 0.1) is 12.8 Å². The fourth-order valence-electron chi connectivity index (χ4n) is 2.86. The van der Waals surface area contributed by atoms with Gasteiger partial charge in [0.1, 0.15) is 5.03 Å². The van der Waals surface area contributed by atoms with Crippen LogP contribution in [0.1, 0.15) is 50.9 Å². The molecule has 2 aromatic rings. The number of nitrogens with zero attached hydrogens (tertiary/aromatic N) is 2. The van der Waals surface area contributed by atoms with Crippen molar-refractivity contribution >= 4 is 11.8 Å². The zero-order chi connectivity index (χ0) is 18.0. The van der Waals surface area contributed by atoms with Gasteiger partial charge in [0, 0.05) is 17.5 Å². The molecule has 0 N–H and O–H groups in total. The van der Waals surface area contributed by atoms with Gasteiger partial charge in [-0.05, 0) is 38.9 Å². The lowest BCUT2D eigenvalue weighted by Crippen LogP contribution is -2.33. The van der Waals surface area contributed by atoms with Crippen LogP contribution in [-0.2, 0) is 17.8 Å². The second-order valence-corrected chi connectivity index (χ2v) is 8.98. The first kappa shape index (κ1) is 18.4. The fourth-order valence-corrected chi connectivity index (χ4v) is 4.15. The molecule has 2 heterocycles. The smallest absolute Gasteiger partial charge is 0.160 e. The Hall–Kier alpha value is -1.39. The Kier molecular flexibility index (Phi) is 5.49. The van der Waals surface area contributed by atoms with Gasteiger partial charge in [0.2, 0.25) is 0 Å². The summed E-state index contributed by atoms with van der Waals surface area (Å²) in [5.74, 6) is 2.62. The Balaban J connectivity index is 1.97. The number of benzene rings is 1. The molecule has 0 fully saturated rings. The molecule has 0 unspecified atom stereocenters. The van der Waals surface area contributed by atoms with Crippen molar-refractivity contribution in [1.82, 2.24) is 9.97 Å². The van der Waals surface area contributed by atoms with E-state index in [9.17, 15) is 0 Å². The number of aryl methyl sites for hydroxylation is 1. The van der Waals surface area contributed by atoms with Gasteiger partial charge in [-0.3, -0.25) is 0 Å². The molecule has 3 nitrogen and oxygen atoms in total. The van der Waals surface area contributed by atoms with Crippen LogP contribution in [0.15, 0.2) is 29.3 Å². The van der Waals surface area contributed by atoms with E-state index in [4.69, 9.17) is 14.7 Å². The number of thioether (sulfide) groups is 1. The highest BCUT2D eigenvalue weighted by atomic mass is 32.2. The van der Waals surface area contributed by atoms with Gasteiger partial charge >= 0.3 is 0 Å². The van der Waals surface area contributed by atoms with E-state index in [1.807, 2.05) is 11.8 Å². The summed E-state index contributed by atoms with van der Waals surface area (Å²) in [7, 11) is 0. The average molecular weight is 357 g/mol. The third-order valence-corrected chi connectivity index (χ3v) is 5.55. The summed E-state index contributed by atoms with van der Waals surface area (Å²) >= 11 is 1.84. The predicted molar refractivity (Wildman–Crippen MR) is 105 cm³/mol. The van der Waals surface area contributed by atoms with Gasteiger partial charge in [-0.15, -0.1) is 11.8 Å². The van der Waals surface area contributed by atoms with Gasteiger partial charge in [-0.25, -0.2) is 9.97 Å². The van der Waals surface area contributed by atoms with E-state index < -0.39 is 0 Å². The van der Waals surface area contributed by atoms with Crippen molar-refractivity contribution in [2.75, 3.05) is 5.75 Å². The maximum atomic E-state index is 6.03. The quantitative estimate of drug-likeness (QED) is 0.528. The van der Waals surface area contributed by atoms with Crippen molar-refractivity contribution in [2.24, 2.45) is 5.92 Å². The summed E-state index contributed by atoms with van der Waals surface area (Å²) in [4.78, 5) is 9.81. The van der Waals surface area contributed by atoms with E-state index in [2.05, 4.69) is 58.9 Å². The van der Waals surface area contributed by atoms with Gasteiger partial charge < -0.3 is 4.74 Å². The first-order valence-electron chi connectivity index (χ1n) is 9.08. The summed E-state index contributed by atoms with van der Waals surface area (Å²) in [6.45, 7) is 11.5. The van der Waals surface area contributed by atoms with Crippen LogP contribution in [-0.4, -0.2) is 21.3 Å². The van der Waals surface area contributed by atoms with Crippen molar-refractivity contribution in [3.8, 4) is 11.4 Å². The van der Waals surface area contributed by atoms with E-state index in [0.29, 0.717) is 12.5 Å². The Bertz CT molecular complexity index is 738. The van der Waals surface area contributed by atoms with E-state index >= 15 is 0 Å². The molecule has 25 heavy (non-hydrogen) atoms. The molecule has 1 aliphatic heterocycles. The highest BCUT2D eigenvalue weighted by Gasteiger charge is 2.30. The number of fused-ring (bicyclic) bond motifs is 1. The minimum atomic E-state index is -0.161. The van der Waals surface area contributed by atoms with Crippen LogP contribution >= 0.6 is 11.8 Å². The molecule has 0 aliphatic carbocycles. The standard InChI is InChI=1S/C21H28N2OS/c1-14(2)10-11-25-20-17-13-24-21(4,5)12-18(17)22-19(23-20)16-8-6-15(3)7-9-16/h6-9,14H,10-13H2,1-5H3. The normalized spacial score (nSPS) is 16.1. The van der Waals surface area contributed by atoms with Crippen LogP contribution in [0.25, 0.3) is 11.4 Å². The molecular formula is C21H28N2OS. The zero-order valence-electron chi connectivity index (χ0n) is 15.9. The van der Waals surface area contributed by atoms with Crippen LogP contribution in [0.2, 0.25) is 0 Å². The molecule has 0 amide bonds. The van der Waals surface area contributed by atoms with Crippen molar-refractivity contribution in [3.63, 3.8) is 0 Å². The monoisotopic (exact) mass is 356 g/mol. The molecule has 1 aromatic heterocycles. The Labute approximate surface area is 155 Å². The minimum absolute atomic E-state index is 0.161. The molecule has 1 aliphatic rings. The van der Waals surface area contributed by atoms with Gasteiger partial charge in [0.15, 0.2) is 5.82 Å².